The van der Waals surface area contributed by atoms with E-state index in [1.807, 2.05) is 24.3 Å². The first-order valence-corrected chi connectivity index (χ1v) is 8.77. The van der Waals surface area contributed by atoms with Crippen molar-refractivity contribution in [1.29, 1.82) is 0 Å². The van der Waals surface area contributed by atoms with Gasteiger partial charge < -0.3 is 15.1 Å². The summed E-state index contributed by atoms with van der Waals surface area (Å²) >= 11 is 6.09. The molecule has 0 unspecified atom stereocenters. The maximum Gasteiger partial charge on any atom is 0.291 e. The zero-order valence-corrected chi connectivity index (χ0v) is 14.7. The standard InChI is InChI=1S/C19H17ClN4O2/c20-16-10-17(24-18(23-16)13-6-7-13)21-11-12-3-1-4-14(9-12)22-19(25)15-5-2-8-26-15/h1-5,8-10,13H,6-7,11H2,(H,22,25)(H,21,23,24). The second kappa shape index (κ2) is 7.17. The number of nitrogens with zero attached hydrogens (tertiary/aromatic N) is 2. The molecule has 2 heterocycles. The number of amides is 1. The van der Waals surface area contributed by atoms with Crippen LogP contribution >= 0.6 is 11.6 Å². The third-order valence-electron chi connectivity index (χ3n) is 4.06. The van der Waals surface area contributed by atoms with Crippen LogP contribution in [0.5, 0.6) is 0 Å². The molecule has 7 heteroatoms. The third kappa shape index (κ3) is 4.03. The second-order valence-electron chi connectivity index (χ2n) is 6.19. The van der Waals surface area contributed by atoms with Gasteiger partial charge in [-0.2, -0.15) is 0 Å². The molecule has 6 nitrogen and oxygen atoms in total. The molecule has 0 bridgehead atoms. The van der Waals surface area contributed by atoms with Gasteiger partial charge in [-0.05, 0) is 42.7 Å². The van der Waals surface area contributed by atoms with Crippen LogP contribution in [-0.4, -0.2) is 15.9 Å². The fourth-order valence-electron chi connectivity index (χ4n) is 2.60. The van der Waals surface area contributed by atoms with E-state index in [1.165, 1.54) is 6.26 Å². The molecule has 0 radical (unpaired) electrons. The number of rotatable bonds is 6. The number of halogens is 1. The maximum atomic E-state index is 12.1. The van der Waals surface area contributed by atoms with Crippen molar-refractivity contribution in [3.63, 3.8) is 0 Å². The number of aromatic nitrogens is 2. The molecule has 0 aliphatic heterocycles. The van der Waals surface area contributed by atoms with E-state index in [2.05, 4.69) is 20.6 Å². The molecule has 1 fully saturated rings. The number of furan rings is 1. The molecule has 2 aromatic heterocycles. The number of hydrogen-bond donors (Lipinski definition) is 2. The van der Waals surface area contributed by atoms with Gasteiger partial charge in [0.15, 0.2) is 5.76 Å². The summed E-state index contributed by atoms with van der Waals surface area (Å²) in [4.78, 5) is 20.9. The van der Waals surface area contributed by atoms with Crippen molar-refractivity contribution in [2.24, 2.45) is 0 Å². The fourth-order valence-corrected chi connectivity index (χ4v) is 2.79. The summed E-state index contributed by atoms with van der Waals surface area (Å²) < 4.78 is 5.10. The Bertz CT molecular complexity index is 923. The molecule has 0 spiro atoms. The number of anilines is 2. The van der Waals surface area contributed by atoms with Crippen LogP contribution in [0.4, 0.5) is 11.5 Å². The summed E-state index contributed by atoms with van der Waals surface area (Å²) in [6.45, 7) is 0.557. The molecule has 26 heavy (non-hydrogen) atoms. The van der Waals surface area contributed by atoms with Crippen molar-refractivity contribution in [3.8, 4) is 0 Å². The van der Waals surface area contributed by atoms with Crippen molar-refractivity contribution in [2.75, 3.05) is 10.6 Å². The molecule has 1 aliphatic carbocycles. The summed E-state index contributed by atoms with van der Waals surface area (Å²) in [5.41, 5.74) is 1.70. The topological polar surface area (TPSA) is 80.0 Å². The average molecular weight is 369 g/mol. The van der Waals surface area contributed by atoms with Crippen LogP contribution < -0.4 is 10.6 Å². The van der Waals surface area contributed by atoms with Gasteiger partial charge in [-0.15, -0.1) is 0 Å². The molecule has 0 saturated heterocycles. The van der Waals surface area contributed by atoms with Gasteiger partial charge >= 0.3 is 0 Å². The van der Waals surface area contributed by atoms with E-state index in [4.69, 9.17) is 16.0 Å². The van der Waals surface area contributed by atoms with Gasteiger partial charge in [0.1, 0.15) is 16.8 Å². The first kappa shape index (κ1) is 16.6. The van der Waals surface area contributed by atoms with Gasteiger partial charge in [0.05, 0.1) is 6.26 Å². The van der Waals surface area contributed by atoms with Crippen molar-refractivity contribution >= 4 is 29.0 Å². The highest BCUT2D eigenvalue weighted by atomic mass is 35.5. The molecule has 1 aliphatic rings. The molecular formula is C19H17ClN4O2. The first-order valence-electron chi connectivity index (χ1n) is 8.39. The van der Waals surface area contributed by atoms with Crippen molar-refractivity contribution in [1.82, 2.24) is 9.97 Å². The summed E-state index contributed by atoms with van der Waals surface area (Å²) in [6.07, 6.45) is 3.71. The highest BCUT2D eigenvalue weighted by Gasteiger charge is 2.27. The minimum Gasteiger partial charge on any atom is -0.459 e. The first-order chi connectivity index (χ1) is 12.7. The smallest absolute Gasteiger partial charge is 0.291 e. The average Bonchev–Trinajstić information content (AvgIpc) is 3.34. The Labute approximate surface area is 155 Å². The van der Waals surface area contributed by atoms with Gasteiger partial charge in [0.2, 0.25) is 0 Å². The third-order valence-corrected chi connectivity index (χ3v) is 4.25. The van der Waals surface area contributed by atoms with Crippen LogP contribution in [0.2, 0.25) is 5.15 Å². The lowest BCUT2D eigenvalue weighted by molar-refractivity contribution is 0.0996. The molecule has 2 N–H and O–H groups in total. The summed E-state index contributed by atoms with van der Waals surface area (Å²) in [7, 11) is 0. The Morgan fingerprint density at radius 1 is 1.19 bits per heavy atom. The summed E-state index contributed by atoms with van der Waals surface area (Å²) in [5, 5.41) is 6.53. The van der Waals surface area contributed by atoms with Crippen LogP contribution in [0.25, 0.3) is 0 Å². The highest BCUT2D eigenvalue weighted by molar-refractivity contribution is 6.29. The molecule has 0 atom stereocenters. The van der Waals surface area contributed by atoms with Crippen molar-refractivity contribution < 1.29 is 9.21 Å². The number of carbonyl (C=O) groups is 1. The zero-order chi connectivity index (χ0) is 17.9. The molecule has 1 amide bonds. The Morgan fingerprint density at radius 2 is 2.08 bits per heavy atom. The fraction of sp³-hybridized carbons (Fsp3) is 0.211. The Morgan fingerprint density at radius 3 is 2.85 bits per heavy atom. The van der Waals surface area contributed by atoms with Crippen molar-refractivity contribution in [2.45, 2.75) is 25.3 Å². The monoisotopic (exact) mass is 368 g/mol. The largest absolute Gasteiger partial charge is 0.459 e. The molecule has 1 aromatic carbocycles. The Kier molecular flexibility index (Phi) is 4.58. The van der Waals surface area contributed by atoms with Gasteiger partial charge in [-0.1, -0.05) is 23.7 Å². The van der Waals surface area contributed by atoms with Gasteiger partial charge in [-0.3, -0.25) is 4.79 Å². The number of hydrogen-bond acceptors (Lipinski definition) is 5. The van der Waals surface area contributed by atoms with E-state index in [0.29, 0.717) is 29.1 Å². The Hall–Kier alpha value is -2.86. The number of carbonyl (C=O) groups excluding carboxylic acids is 1. The minimum atomic E-state index is -0.281. The van der Waals surface area contributed by atoms with E-state index in [9.17, 15) is 4.79 Å². The number of benzene rings is 1. The normalized spacial score (nSPS) is 13.4. The number of nitrogens with one attached hydrogen (secondary N) is 2. The summed E-state index contributed by atoms with van der Waals surface area (Å²) in [6, 6.07) is 12.6. The predicted molar refractivity (Wildman–Crippen MR) is 99.4 cm³/mol. The minimum absolute atomic E-state index is 0.275. The molecule has 3 aromatic rings. The SMILES string of the molecule is O=C(Nc1cccc(CNc2cc(Cl)nc(C3CC3)n2)c1)c1ccco1. The quantitative estimate of drug-likeness (QED) is 0.628. The lowest BCUT2D eigenvalue weighted by Gasteiger charge is -2.09. The molecular weight excluding hydrogens is 352 g/mol. The zero-order valence-electron chi connectivity index (χ0n) is 13.9. The van der Waals surface area contributed by atoms with Gasteiger partial charge in [0, 0.05) is 24.2 Å². The Balaban J connectivity index is 1.42. The lowest BCUT2D eigenvalue weighted by Crippen LogP contribution is -2.11. The van der Waals surface area contributed by atoms with Crippen LogP contribution in [-0.2, 0) is 6.54 Å². The maximum absolute atomic E-state index is 12.1. The van der Waals surface area contributed by atoms with Crippen LogP contribution in [0, 0.1) is 0 Å². The van der Waals surface area contributed by atoms with E-state index in [0.717, 1.165) is 24.2 Å². The van der Waals surface area contributed by atoms with Gasteiger partial charge in [0.25, 0.3) is 5.91 Å². The molecule has 1 saturated carbocycles. The van der Waals surface area contributed by atoms with E-state index >= 15 is 0 Å². The summed E-state index contributed by atoms with van der Waals surface area (Å²) in [5.74, 6) is 1.94. The van der Waals surface area contributed by atoms with E-state index in [1.54, 1.807) is 18.2 Å². The molecule has 4 rings (SSSR count). The van der Waals surface area contributed by atoms with Crippen LogP contribution in [0.15, 0.2) is 53.1 Å². The second-order valence-corrected chi connectivity index (χ2v) is 6.58. The lowest BCUT2D eigenvalue weighted by atomic mass is 10.2. The van der Waals surface area contributed by atoms with Crippen LogP contribution in [0.3, 0.4) is 0 Å². The van der Waals surface area contributed by atoms with E-state index in [-0.39, 0.29) is 11.7 Å². The predicted octanol–water partition coefficient (Wildman–Crippen LogP) is 4.46. The molecule has 132 valence electrons. The van der Waals surface area contributed by atoms with Gasteiger partial charge in [-0.25, -0.2) is 9.97 Å². The van der Waals surface area contributed by atoms with E-state index < -0.39 is 0 Å². The van der Waals surface area contributed by atoms with Crippen LogP contribution in [0.1, 0.15) is 40.7 Å². The highest BCUT2D eigenvalue weighted by Crippen LogP contribution is 2.38. The van der Waals surface area contributed by atoms with Crippen molar-refractivity contribution in [3.05, 3.63) is 71.0 Å².